The molecule has 0 bridgehead atoms. The first-order valence-corrected chi connectivity index (χ1v) is 10.3. The molecule has 2 aromatic carbocycles. The molecule has 1 aliphatic heterocycles. The first-order valence-electron chi connectivity index (χ1n) is 8.69. The molecule has 6 nitrogen and oxygen atoms in total. The van der Waals surface area contributed by atoms with Gasteiger partial charge in [-0.1, -0.05) is 57.6 Å². The summed E-state index contributed by atoms with van der Waals surface area (Å²) in [6, 6.07) is 15.1. The maximum atomic E-state index is 13.0. The third-order valence-corrected chi connectivity index (χ3v) is 6.28. The summed E-state index contributed by atoms with van der Waals surface area (Å²) in [4.78, 5) is 32.7. The molecule has 0 fully saturated rings. The second kappa shape index (κ2) is 6.35. The molecule has 2 aromatic heterocycles. The molecule has 138 valence electrons. The summed E-state index contributed by atoms with van der Waals surface area (Å²) in [6.45, 7) is 2.46. The molecule has 1 amide bonds. The van der Waals surface area contributed by atoms with E-state index in [9.17, 15) is 9.59 Å². The number of likely N-dealkylation sites (N-methyl/N-ethyl adjacent to an activating group) is 1. The normalized spacial score (nSPS) is 15.5. The van der Waals surface area contributed by atoms with Crippen molar-refractivity contribution in [2.45, 2.75) is 6.92 Å². The van der Waals surface area contributed by atoms with Crippen LogP contribution in [0.5, 0.6) is 0 Å². The lowest BCUT2D eigenvalue weighted by Gasteiger charge is -2.13. The van der Waals surface area contributed by atoms with Crippen LogP contribution in [-0.2, 0) is 4.79 Å². The summed E-state index contributed by atoms with van der Waals surface area (Å²) in [5, 5.41) is 4.37. The van der Waals surface area contributed by atoms with Crippen molar-refractivity contribution in [1.29, 1.82) is 0 Å². The highest BCUT2D eigenvalue weighted by Gasteiger charge is 2.33. The molecule has 0 saturated carbocycles. The minimum absolute atomic E-state index is 0.154. The van der Waals surface area contributed by atoms with Gasteiger partial charge in [-0.05, 0) is 25.1 Å². The van der Waals surface area contributed by atoms with E-state index in [0.29, 0.717) is 27.4 Å². The van der Waals surface area contributed by atoms with E-state index in [4.69, 9.17) is 0 Å². The van der Waals surface area contributed by atoms with Crippen LogP contribution < -0.4 is 15.0 Å². The number of amides is 1. The van der Waals surface area contributed by atoms with Crippen LogP contribution in [0.25, 0.3) is 21.9 Å². The van der Waals surface area contributed by atoms with Gasteiger partial charge in [-0.3, -0.25) is 9.59 Å². The van der Waals surface area contributed by atoms with Crippen molar-refractivity contribution in [2.24, 2.45) is 0 Å². The Hall–Kier alpha value is -2.84. The van der Waals surface area contributed by atoms with Crippen molar-refractivity contribution in [3.63, 3.8) is 0 Å². The second-order valence-electron chi connectivity index (χ2n) is 6.31. The molecule has 8 heteroatoms. The molecule has 5 rings (SSSR count). The Morgan fingerprint density at radius 2 is 1.82 bits per heavy atom. The third-order valence-electron chi connectivity index (χ3n) is 4.73. The number of fused-ring (bicyclic) bond motifs is 2. The molecule has 4 aromatic rings. The van der Waals surface area contributed by atoms with E-state index in [1.165, 1.54) is 15.9 Å². The lowest BCUT2D eigenvalue weighted by molar-refractivity contribution is -0.113. The van der Waals surface area contributed by atoms with Crippen LogP contribution in [0.1, 0.15) is 12.5 Å². The van der Waals surface area contributed by atoms with Crippen LogP contribution in [0.3, 0.4) is 0 Å². The van der Waals surface area contributed by atoms with E-state index < -0.39 is 0 Å². The zero-order valence-corrected chi connectivity index (χ0v) is 17.1. The van der Waals surface area contributed by atoms with Crippen LogP contribution >= 0.6 is 27.3 Å². The first-order chi connectivity index (χ1) is 13.6. The second-order valence-corrected chi connectivity index (χ2v) is 8.21. The van der Waals surface area contributed by atoms with Crippen molar-refractivity contribution in [3.05, 3.63) is 73.5 Å². The molecule has 0 unspecified atom stereocenters. The van der Waals surface area contributed by atoms with E-state index in [1.807, 2.05) is 55.5 Å². The number of anilines is 1. The number of nitrogens with zero attached hydrogens (tertiary/aromatic N) is 4. The molecular weight excluding hydrogens is 440 g/mol. The minimum Gasteiger partial charge on any atom is -0.308 e. The monoisotopic (exact) mass is 452 g/mol. The van der Waals surface area contributed by atoms with E-state index in [2.05, 4.69) is 26.0 Å². The Morgan fingerprint density at radius 3 is 2.54 bits per heavy atom. The number of thiazole rings is 1. The van der Waals surface area contributed by atoms with Gasteiger partial charge in [0.2, 0.25) is 4.96 Å². The summed E-state index contributed by atoms with van der Waals surface area (Å²) >= 11 is 4.60. The number of hydrogen-bond acceptors (Lipinski definition) is 5. The SMILES string of the molecule is CCN1C(=O)/C(=c2\sc3nc(-c4ccc(Br)cc4)nn3c2=O)c2ccccc21. The topological polar surface area (TPSA) is 67.6 Å². The van der Waals surface area contributed by atoms with Crippen LogP contribution in [-0.4, -0.2) is 27.0 Å². The fourth-order valence-electron chi connectivity index (χ4n) is 3.42. The fraction of sp³-hybridized carbons (Fsp3) is 0.100. The fourth-order valence-corrected chi connectivity index (χ4v) is 4.68. The molecule has 0 N–H and O–H groups in total. The van der Waals surface area contributed by atoms with Gasteiger partial charge in [0.25, 0.3) is 11.5 Å². The minimum atomic E-state index is -0.313. The predicted molar refractivity (Wildman–Crippen MR) is 112 cm³/mol. The van der Waals surface area contributed by atoms with Crippen molar-refractivity contribution < 1.29 is 4.79 Å². The lowest BCUT2D eigenvalue weighted by Crippen LogP contribution is -2.32. The first kappa shape index (κ1) is 17.3. The van der Waals surface area contributed by atoms with E-state index in [-0.39, 0.29) is 11.5 Å². The van der Waals surface area contributed by atoms with Gasteiger partial charge in [0.1, 0.15) is 4.53 Å². The summed E-state index contributed by atoms with van der Waals surface area (Å²) in [5.74, 6) is 0.333. The largest absolute Gasteiger partial charge is 0.308 e. The Labute approximate surface area is 171 Å². The van der Waals surface area contributed by atoms with Gasteiger partial charge >= 0.3 is 0 Å². The molecule has 0 spiro atoms. The Bertz CT molecular complexity index is 1360. The number of rotatable bonds is 2. The molecule has 0 radical (unpaired) electrons. The number of aromatic nitrogens is 3. The third kappa shape index (κ3) is 2.45. The standard InChI is InChI=1S/C20H13BrN4O2S/c1-2-24-14-6-4-3-5-13(14)15(18(24)26)16-19(27)25-20(28-16)22-17(23-25)11-7-9-12(21)10-8-11/h3-10H,2H2,1H3/b16-15-. The zero-order valence-electron chi connectivity index (χ0n) is 14.7. The zero-order chi connectivity index (χ0) is 19.4. The quantitative estimate of drug-likeness (QED) is 0.468. The number of carbonyl (C=O) groups is 1. The number of hydrogen-bond donors (Lipinski definition) is 0. The summed E-state index contributed by atoms with van der Waals surface area (Å²) in [6.07, 6.45) is 0. The molecule has 3 heterocycles. The van der Waals surface area contributed by atoms with Crippen LogP contribution in [0.15, 0.2) is 57.8 Å². The molecule has 0 saturated heterocycles. The predicted octanol–water partition coefficient (Wildman–Crippen LogP) is 2.86. The number of para-hydroxylation sites is 1. The Kier molecular flexibility index (Phi) is 3.92. The van der Waals surface area contributed by atoms with Gasteiger partial charge in [-0.2, -0.15) is 9.50 Å². The lowest BCUT2D eigenvalue weighted by atomic mass is 10.1. The molecule has 0 aliphatic carbocycles. The van der Waals surface area contributed by atoms with Crippen LogP contribution in [0.4, 0.5) is 5.69 Å². The average molecular weight is 453 g/mol. The van der Waals surface area contributed by atoms with Crippen molar-refractivity contribution in [1.82, 2.24) is 14.6 Å². The molecule has 28 heavy (non-hydrogen) atoms. The number of halogens is 1. The highest BCUT2D eigenvalue weighted by Crippen LogP contribution is 2.34. The van der Waals surface area contributed by atoms with Gasteiger partial charge in [0.05, 0.1) is 11.3 Å². The van der Waals surface area contributed by atoms with Gasteiger partial charge in [0, 0.05) is 22.1 Å². The number of benzene rings is 2. The van der Waals surface area contributed by atoms with Crippen molar-refractivity contribution in [3.8, 4) is 11.4 Å². The summed E-state index contributed by atoms with van der Waals surface area (Å²) < 4.78 is 2.62. The maximum Gasteiger partial charge on any atom is 0.291 e. The summed E-state index contributed by atoms with van der Waals surface area (Å²) in [7, 11) is 0. The van der Waals surface area contributed by atoms with E-state index >= 15 is 0 Å². The molecule has 0 atom stereocenters. The maximum absolute atomic E-state index is 13.0. The van der Waals surface area contributed by atoms with Crippen LogP contribution in [0.2, 0.25) is 0 Å². The molecular formula is C20H13BrN4O2S. The van der Waals surface area contributed by atoms with Gasteiger partial charge < -0.3 is 4.90 Å². The number of carbonyl (C=O) groups excluding carboxylic acids is 1. The molecule has 1 aliphatic rings. The highest BCUT2D eigenvalue weighted by atomic mass is 79.9. The van der Waals surface area contributed by atoms with Crippen LogP contribution in [0, 0.1) is 0 Å². The van der Waals surface area contributed by atoms with Gasteiger partial charge in [-0.25, -0.2) is 0 Å². The van der Waals surface area contributed by atoms with E-state index in [1.54, 1.807) is 4.90 Å². The van der Waals surface area contributed by atoms with Crippen molar-refractivity contribution in [2.75, 3.05) is 11.4 Å². The Balaban J connectivity index is 1.74. The highest BCUT2D eigenvalue weighted by molar-refractivity contribution is 9.10. The van der Waals surface area contributed by atoms with Crippen molar-refractivity contribution >= 4 is 49.4 Å². The smallest absolute Gasteiger partial charge is 0.291 e. The summed E-state index contributed by atoms with van der Waals surface area (Å²) in [5.41, 5.74) is 2.56. The van der Waals surface area contributed by atoms with E-state index in [0.717, 1.165) is 21.3 Å². The average Bonchev–Trinajstić information content (AvgIpc) is 3.33. The van der Waals surface area contributed by atoms with Gasteiger partial charge in [-0.15, -0.1) is 5.10 Å². The van der Waals surface area contributed by atoms with Gasteiger partial charge in [0.15, 0.2) is 5.82 Å². The Morgan fingerprint density at radius 1 is 1.07 bits per heavy atom.